The predicted molar refractivity (Wildman–Crippen MR) is 137 cm³/mol. The molecule has 2 aromatic heterocycles. The van der Waals surface area contributed by atoms with Crippen molar-refractivity contribution >= 4 is 5.91 Å². The van der Waals surface area contributed by atoms with Crippen LogP contribution in [0.1, 0.15) is 29.7 Å². The van der Waals surface area contributed by atoms with Crippen molar-refractivity contribution in [3.8, 4) is 11.6 Å². The summed E-state index contributed by atoms with van der Waals surface area (Å²) in [5, 5.41) is 31.3. The molecule has 1 amide bonds. The van der Waals surface area contributed by atoms with Gasteiger partial charge in [-0.05, 0) is 60.7 Å². The van der Waals surface area contributed by atoms with Crippen molar-refractivity contribution in [2.24, 2.45) is 0 Å². The summed E-state index contributed by atoms with van der Waals surface area (Å²) in [5.41, 5.74) is 1.13. The SMILES string of the molecule is O=C(Cc1[nH]c(=O)[nH]c1O)NC(Cc1cc(F)cc(F)c1)C(O)CNC1(c2cccc(-n3cccn3)c2)CC1. The minimum absolute atomic E-state index is 0.0188. The van der Waals surface area contributed by atoms with Crippen LogP contribution in [0.15, 0.2) is 65.7 Å². The van der Waals surface area contributed by atoms with Gasteiger partial charge in [0.05, 0.1) is 29.9 Å². The molecule has 5 rings (SSSR count). The van der Waals surface area contributed by atoms with E-state index in [0.717, 1.165) is 42.3 Å². The highest BCUT2D eigenvalue weighted by molar-refractivity contribution is 5.79. The Labute approximate surface area is 221 Å². The molecule has 1 saturated carbocycles. The number of imidazole rings is 1. The Morgan fingerprint density at radius 3 is 2.54 bits per heavy atom. The van der Waals surface area contributed by atoms with Crippen LogP contribution in [-0.2, 0) is 23.2 Å². The second-order valence-electron chi connectivity index (χ2n) is 9.77. The lowest BCUT2D eigenvalue weighted by Crippen LogP contribution is -2.50. The molecule has 6 N–H and O–H groups in total. The van der Waals surface area contributed by atoms with Crippen LogP contribution >= 0.6 is 0 Å². The zero-order valence-corrected chi connectivity index (χ0v) is 20.8. The molecule has 2 atom stereocenters. The largest absolute Gasteiger partial charge is 0.493 e. The first kappa shape index (κ1) is 26.3. The van der Waals surface area contributed by atoms with Gasteiger partial charge in [-0.3, -0.25) is 9.78 Å². The number of rotatable bonds is 11. The molecule has 1 fully saturated rings. The summed E-state index contributed by atoms with van der Waals surface area (Å²) >= 11 is 0. The molecule has 2 aromatic carbocycles. The summed E-state index contributed by atoms with van der Waals surface area (Å²) in [5.74, 6) is -2.61. The van der Waals surface area contributed by atoms with Crippen LogP contribution in [0.5, 0.6) is 5.88 Å². The van der Waals surface area contributed by atoms with E-state index in [2.05, 4.69) is 25.7 Å². The predicted octanol–water partition coefficient (Wildman–Crippen LogP) is 1.78. The molecular weight excluding hydrogens is 510 g/mol. The van der Waals surface area contributed by atoms with Crippen LogP contribution < -0.4 is 16.3 Å². The van der Waals surface area contributed by atoms with Crippen LogP contribution in [0.25, 0.3) is 5.69 Å². The molecule has 39 heavy (non-hydrogen) atoms. The van der Waals surface area contributed by atoms with Crippen molar-refractivity contribution < 1.29 is 23.8 Å². The van der Waals surface area contributed by atoms with Gasteiger partial charge < -0.3 is 25.8 Å². The van der Waals surface area contributed by atoms with Crippen molar-refractivity contribution in [1.29, 1.82) is 0 Å². The number of nitrogens with one attached hydrogen (secondary N) is 4. The molecule has 0 spiro atoms. The Balaban J connectivity index is 1.30. The second-order valence-corrected chi connectivity index (χ2v) is 9.77. The third kappa shape index (κ3) is 6.24. The van der Waals surface area contributed by atoms with Gasteiger partial charge in [-0.2, -0.15) is 5.10 Å². The summed E-state index contributed by atoms with van der Waals surface area (Å²) in [6.45, 7) is 0.0843. The fourth-order valence-electron chi connectivity index (χ4n) is 4.73. The van der Waals surface area contributed by atoms with Crippen LogP contribution in [0.4, 0.5) is 8.78 Å². The molecule has 0 aliphatic heterocycles. The van der Waals surface area contributed by atoms with E-state index in [1.165, 1.54) is 0 Å². The van der Waals surface area contributed by atoms with Crippen molar-refractivity contribution in [2.45, 2.75) is 43.4 Å². The van der Waals surface area contributed by atoms with Crippen molar-refractivity contribution in [1.82, 2.24) is 30.4 Å². The summed E-state index contributed by atoms with van der Waals surface area (Å²) < 4.78 is 29.4. The average molecular weight is 539 g/mol. The monoisotopic (exact) mass is 538 g/mol. The van der Waals surface area contributed by atoms with Crippen molar-refractivity contribution in [3.63, 3.8) is 0 Å². The number of aromatic nitrogens is 4. The van der Waals surface area contributed by atoms with Gasteiger partial charge in [0.25, 0.3) is 0 Å². The molecule has 1 aliphatic carbocycles. The number of benzene rings is 2. The highest BCUT2D eigenvalue weighted by Gasteiger charge is 2.44. The number of aliphatic hydroxyl groups is 1. The van der Waals surface area contributed by atoms with Gasteiger partial charge in [0.2, 0.25) is 11.8 Å². The van der Waals surface area contributed by atoms with Gasteiger partial charge >= 0.3 is 5.69 Å². The maximum atomic E-state index is 13.8. The molecule has 12 heteroatoms. The Morgan fingerprint density at radius 2 is 1.90 bits per heavy atom. The Bertz CT molecular complexity index is 1490. The van der Waals surface area contributed by atoms with E-state index < -0.39 is 41.3 Å². The van der Waals surface area contributed by atoms with E-state index in [1.807, 2.05) is 36.5 Å². The highest BCUT2D eigenvalue weighted by atomic mass is 19.1. The molecule has 2 heterocycles. The minimum Gasteiger partial charge on any atom is -0.493 e. The number of halogens is 2. The molecule has 0 saturated heterocycles. The lowest BCUT2D eigenvalue weighted by atomic mass is 9.99. The molecule has 1 aliphatic rings. The van der Waals surface area contributed by atoms with Crippen LogP contribution in [0, 0.1) is 11.6 Å². The van der Waals surface area contributed by atoms with E-state index in [9.17, 15) is 28.6 Å². The highest BCUT2D eigenvalue weighted by Crippen LogP contribution is 2.45. The zero-order valence-electron chi connectivity index (χ0n) is 20.8. The molecule has 4 aromatic rings. The number of nitrogens with zero attached hydrogens (tertiary/aromatic N) is 2. The third-order valence-corrected chi connectivity index (χ3v) is 6.88. The maximum absolute atomic E-state index is 13.8. The van der Waals surface area contributed by atoms with Gasteiger partial charge in [0, 0.05) is 30.5 Å². The fraction of sp³-hybridized carbons (Fsp3) is 0.296. The number of aromatic amines is 2. The number of carbonyl (C=O) groups is 1. The lowest BCUT2D eigenvalue weighted by molar-refractivity contribution is -0.122. The van der Waals surface area contributed by atoms with E-state index in [1.54, 1.807) is 10.9 Å². The molecule has 204 valence electrons. The number of hydrogen-bond donors (Lipinski definition) is 6. The number of carbonyl (C=O) groups excluding carboxylic acids is 1. The number of aromatic hydroxyl groups is 1. The quantitative estimate of drug-likeness (QED) is 0.172. The molecule has 0 bridgehead atoms. The second kappa shape index (κ2) is 10.8. The normalized spacial score (nSPS) is 15.6. The molecule has 10 nitrogen and oxygen atoms in total. The standard InChI is InChI=1S/C27H28F2N6O4/c28-18-9-16(10-19(29)13-18)11-21(32-24(37)14-22-25(38)34-26(39)33-22)23(36)15-30-27(5-6-27)17-3-1-4-20(12-17)35-8-2-7-31-35/h1-4,7-10,12-13,21,23,30,36,38H,5-6,11,14-15H2,(H,32,37)(H2,33,34,39). The first-order chi connectivity index (χ1) is 18.7. The molecule has 2 unspecified atom stereocenters. The molecule has 0 radical (unpaired) electrons. The first-order valence-corrected chi connectivity index (χ1v) is 12.5. The molecular formula is C27H28F2N6O4. The van der Waals surface area contributed by atoms with E-state index in [-0.39, 0.29) is 36.2 Å². The average Bonchev–Trinajstić information content (AvgIpc) is 3.33. The van der Waals surface area contributed by atoms with Crippen LogP contribution in [-0.4, -0.2) is 54.6 Å². The van der Waals surface area contributed by atoms with Gasteiger partial charge in [-0.25, -0.2) is 18.3 Å². The Kier molecular flexibility index (Phi) is 7.31. The number of H-pyrrole nitrogens is 2. The summed E-state index contributed by atoms with van der Waals surface area (Å²) in [6, 6.07) is 11.8. The topological polar surface area (TPSA) is 148 Å². The minimum atomic E-state index is -1.13. The van der Waals surface area contributed by atoms with E-state index in [4.69, 9.17) is 0 Å². The van der Waals surface area contributed by atoms with Crippen LogP contribution in [0.2, 0.25) is 0 Å². The summed E-state index contributed by atoms with van der Waals surface area (Å²) in [7, 11) is 0. The van der Waals surface area contributed by atoms with E-state index in [0.29, 0.717) is 0 Å². The third-order valence-electron chi connectivity index (χ3n) is 6.88. The van der Waals surface area contributed by atoms with Gasteiger partial charge in [-0.1, -0.05) is 12.1 Å². The Hall–Kier alpha value is -4.29. The van der Waals surface area contributed by atoms with Gasteiger partial charge in [0.1, 0.15) is 11.6 Å². The van der Waals surface area contributed by atoms with Gasteiger partial charge in [-0.15, -0.1) is 0 Å². The zero-order chi connectivity index (χ0) is 27.6. The van der Waals surface area contributed by atoms with Crippen molar-refractivity contribution in [2.75, 3.05) is 6.54 Å². The number of amides is 1. The Morgan fingerprint density at radius 1 is 1.13 bits per heavy atom. The smallest absolute Gasteiger partial charge is 0.325 e. The lowest BCUT2D eigenvalue weighted by Gasteiger charge is -2.27. The maximum Gasteiger partial charge on any atom is 0.325 e. The van der Waals surface area contributed by atoms with Crippen molar-refractivity contribution in [3.05, 3.63) is 99.9 Å². The fourth-order valence-corrected chi connectivity index (χ4v) is 4.73. The number of hydrogen-bond acceptors (Lipinski definition) is 6. The summed E-state index contributed by atoms with van der Waals surface area (Å²) in [6.07, 6.45) is 3.67. The number of aliphatic hydroxyl groups excluding tert-OH is 1. The van der Waals surface area contributed by atoms with Crippen LogP contribution in [0.3, 0.4) is 0 Å². The first-order valence-electron chi connectivity index (χ1n) is 12.5. The van der Waals surface area contributed by atoms with E-state index >= 15 is 0 Å². The van der Waals surface area contributed by atoms with Gasteiger partial charge in [0.15, 0.2) is 0 Å². The summed E-state index contributed by atoms with van der Waals surface area (Å²) in [4.78, 5) is 28.6.